The molecule has 0 aliphatic carbocycles. The van der Waals surface area contributed by atoms with Gasteiger partial charge in [0.1, 0.15) is 0 Å². The zero-order valence-corrected chi connectivity index (χ0v) is 8.28. The molecule has 0 amide bonds. The van der Waals surface area contributed by atoms with Gasteiger partial charge in [-0.15, -0.1) is 0 Å². The minimum atomic E-state index is 0.573. The summed E-state index contributed by atoms with van der Waals surface area (Å²) in [5, 5.41) is 2.09. The molecular formula is C10H7Cl2N. The maximum atomic E-state index is 6.01. The van der Waals surface area contributed by atoms with Gasteiger partial charge in [-0.25, -0.2) is 0 Å². The lowest BCUT2D eigenvalue weighted by atomic mass is 10.2. The highest BCUT2D eigenvalue weighted by atomic mass is 35.5. The number of aromatic nitrogens is 1. The van der Waals surface area contributed by atoms with E-state index in [2.05, 4.69) is 11.6 Å². The first-order valence-electron chi connectivity index (χ1n) is 3.81. The van der Waals surface area contributed by atoms with Crippen LogP contribution in [-0.2, 0) is 0 Å². The fourth-order valence-electron chi connectivity index (χ4n) is 1.27. The van der Waals surface area contributed by atoms with Crippen LogP contribution in [0.2, 0.25) is 10.0 Å². The SMILES string of the molecule is C=Cc1cc2c(Cl)c(Cl)ccc2[nH]1. The molecule has 1 aromatic heterocycles. The zero-order chi connectivity index (χ0) is 9.42. The highest BCUT2D eigenvalue weighted by Crippen LogP contribution is 2.31. The minimum Gasteiger partial charge on any atom is -0.355 e. The van der Waals surface area contributed by atoms with Gasteiger partial charge in [0.2, 0.25) is 0 Å². The molecule has 0 aliphatic heterocycles. The van der Waals surface area contributed by atoms with Crippen LogP contribution in [-0.4, -0.2) is 4.98 Å². The van der Waals surface area contributed by atoms with E-state index in [1.807, 2.05) is 12.1 Å². The van der Waals surface area contributed by atoms with Crippen molar-refractivity contribution in [3.8, 4) is 0 Å². The summed E-state index contributed by atoms with van der Waals surface area (Å²) in [6, 6.07) is 5.60. The summed E-state index contributed by atoms with van der Waals surface area (Å²) in [6.45, 7) is 3.67. The molecule has 2 aromatic rings. The molecule has 0 radical (unpaired) electrons. The Kier molecular flexibility index (Phi) is 2.06. The molecule has 0 fully saturated rings. The third-order valence-corrected chi connectivity index (χ3v) is 2.75. The van der Waals surface area contributed by atoms with Crippen molar-refractivity contribution in [1.82, 2.24) is 4.98 Å². The molecule has 0 unspecified atom stereocenters. The van der Waals surface area contributed by atoms with Gasteiger partial charge in [0.05, 0.1) is 10.0 Å². The lowest BCUT2D eigenvalue weighted by Gasteiger charge is -1.95. The molecule has 1 nitrogen and oxygen atoms in total. The Morgan fingerprint density at radius 3 is 2.77 bits per heavy atom. The first-order chi connectivity index (χ1) is 6.22. The fraction of sp³-hybridized carbons (Fsp3) is 0. The van der Waals surface area contributed by atoms with Crippen molar-refractivity contribution in [1.29, 1.82) is 0 Å². The third kappa shape index (κ3) is 1.34. The van der Waals surface area contributed by atoms with Gasteiger partial charge in [-0.05, 0) is 24.3 Å². The monoisotopic (exact) mass is 211 g/mol. The van der Waals surface area contributed by atoms with Crippen LogP contribution in [0.4, 0.5) is 0 Å². The lowest BCUT2D eigenvalue weighted by Crippen LogP contribution is -1.70. The van der Waals surface area contributed by atoms with Crippen molar-refractivity contribution >= 4 is 40.2 Å². The average Bonchev–Trinajstić information content (AvgIpc) is 2.55. The van der Waals surface area contributed by atoms with Crippen molar-refractivity contribution in [2.75, 3.05) is 0 Å². The summed E-state index contributed by atoms with van der Waals surface area (Å²) in [6.07, 6.45) is 1.74. The normalized spacial score (nSPS) is 10.6. The Morgan fingerprint density at radius 1 is 1.31 bits per heavy atom. The number of benzene rings is 1. The fourth-order valence-corrected chi connectivity index (χ4v) is 1.66. The summed E-state index contributed by atoms with van der Waals surface area (Å²) >= 11 is 11.9. The van der Waals surface area contributed by atoms with E-state index in [0.717, 1.165) is 16.6 Å². The largest absolute Gasteiger partial charge is 0.355 e. The molecule has 0 bridgehead atoms. The van der Waals surface area contributed by atoms with E-state index in [1.165, 1.54) is 0 Å². The van der Waals surface area contributed by atoms with E-state index in [1.54, 1.807) is 12.1 Å². The van der Waals surface area contributed by atoms with Crippen LogP contribution >= 0.6 is 23.2 Å². The van der Waals surface area contributed by atoms with Crippen molar-refractivity contribution in [2.45, 2.75) is 0 Å². The molecule has 13 heavy (non-hydrogen) atoms. The van der Waals surface area contributed by atoms with Crippen LogP contribution < -0.4 is 0 Å². The molecule has 1 aromatic carbocycles. The maximum absolute atomic E-state index is 6.01. The van der Waals surface area contributed by atoms with E-state index in [4.69, 9.17) is 23.2 Å². The van der Waals surface area contributed by atoms with Gasteiger partial charge in [0.25, 0.3) is 0 Å². The predicted molar refractivity (Wildman–Crippen MR) is 58.4 cm³/mol. The van der Waals surface area contributed by atoms with Crippen LogP contribution in [0.5, 0.6) is 0 Å². The number of H-pyrrole nitrogens is 1. The maximum Gasteiger partial charge on any atom is 0.0686 e. The first kappa shape index (κ1) is 8.67. The second-order valence-electron chi connectivity index (χ2n) is 2.75. The van der Waals surface area contributed by atoms with Crippen LogP contribution in [0.15, 0.2) is 24.8 Å². The Morgan fingerprint density at radius 2 is 2.08 bits per heavy atom. The summed E-state index contributed by atoms with van der Waals surface area (Å²) in [5.74, 6) is 0. The number of aromatic amines is 1. The second kappa shape index (κ2) is 3.09. The average molecular weight is 212 g/mol. The van der Waals surface area contributed by atoms with Gasteiger partial charge in [-0.1, -0.05) is 29.8 Å². The van der Waals surface area contributed by atoms with E-state index in [0.29, 0.717) is 10.0 Å². The first-order valence-corrected chi connectivity index (χ1v) is 4.57. The molecule has 0 aliphatic rings. The van der Waals surface area contributed by atoms with E-state index < -0.39 is 0 Å². The van der Waals surface area contributed by atoms with E-state index in [-0.39, 0.29) is 0 Å². The summed E-state index contributed by atoms with van der Waals surface area (Å²) in [4.78, 5) is 3.15. The van der Waals surface area contributed by atoms with Crippen molar-refractivity contribution in [3.63, 3.8) is 0 Å². The predicted octanol–water partition coefficient (Wildman–Crippen LogP) is 4.12. The molecule has 3 heteroatoms. The molecule has 0 saturated carbocycles. The molecule has 1 heterocycles. The quantitative estimate of drug-likeness (QED) is 0.731. The van der Waals surface area contributed by atoms with Crippen LogP contribution in [0.3, 0.4) is 0 Å². The third-order valence-electron chi connectivity index (χ3n) is 1.93. The Balaban J connectivity index is 2.83. The summed E-state index contributed by atoms with van der Waals surface area (Å²) in [7, 11) is 0. The number of fused-ring (bicyclic) bond motifs is 1. The number of hydrogen-bond donors (Lipinski definition) is 1. The van der Waals surface area contributed by atoms with Crippen LogP contribution in [0.25, 0.3) is 17.0 Å². The molecule has 1 N–H and O–H groups in total. The number of hydrogen-bond acceptors (Lipinski definition) is 0. The Hall–Kier alpha value is -0.920. The number of nitrogens with one attached hydrogen (secondary N) is 1. The van der Waals surface area contributed by atoms with E-state index >= 15 is 0 Å². The standard InChI is InChI=1S/C10H7Cl2N/c1-2-6-5-7-9(13-6)4-3-8(11)10(7)12/h2-5,13H,1H2. The zero-order valence-electron chi connectivity index (χ0n) is 6.77. The van der Waals surface area contributed by atoms with Crippen molar-refractivity contribution < 1.29 is 0 Å². The van der Waals surface area contributed by atoms with Crippen molar-refractivity contribution in [2.24, 2.45) is 0 Å². The highest BCUT2D eigenvalue weighted by Gasteiger charge is 2.05. The van der Waals surface area contributed by atoms with Gasteiger partial charge >= 0.3 is 0 Å². The molecular weight excluding hydrogens is 205 g/mol. The van der Waals surface area contributed by atoms with Crippen LogP contribution in [0.1, 0.15) is 5.69 Å². The summed E-state index contributed by atoms with van der Waals surface area (Å²) in [5.41, 5.74) is 1.92. The number of rotatable bonds is 1. The lowest BCUT2D eigenvalue weighted by molar-refractivity contribution is 1.43. The van der Waals surface area contributed by atoms with Crippen LogP contribution in [0, 0.1) is 0 Å². The summed E-state index contributed by atoms with van der Waals surface area (Å²) < 4.78 is 0. The Bertz CT molecular complexity index is 471. The van der Waals surface area contributed by atoms with E-state index in [9.17, 15) is 0 Å². The van der Waals surface area contributed by atoms with Gasteiger partial charge in [0, 0.05) is 16.6 Å². The number of halogens is 2. The molecule has 66 valence electrons. The minimum absolute atomic E-state index is 0.573. The molecule has 2 rings (SSSR count). The Labute approximate surface area is 86.0 Å². The molecule has 0 atom stereocenters. The smallest absolute Gasteiger partial charge is 0.0686 e. The van der Waals surface area contributed by atoms with Gasteiger partial charge in [0.15, 0.2) is 0 Å². The van der Waals surface area contributed by atoms with Gasteiger partial charge in [-0.2, -0.15) is 0 Å². The highest BCUT2D eigenvalue weighted by molar-refractivity contribution is 6.45. The van der Waals surface area contributed by atoms with Gasteiger partial charge in [-0.3, -0.25) is 0 Å². The van der Waals surface area contributed by atoms with Crippen molar-refractivity contribution in [3.05, 3.63) is 40.5 Å². The second-order valence-corrected chi connectivity index (χ2v) is 3.54. The van der Waals surface area contributed by atoms with Gasteiger partial charge < -0.3 is 4.98 Å². The molecule has 0 spiro atoms. The topological polar surface area (TPSA) is 15.8 Å². The molecule has 0 saturated heterocycles.